The van der Waals surface area contributed by atoms with Gasteiger partial charge in [0.2, 0.25) is 0 Å². The van der Waals surface area contributed by atoms with Gasteiger partial charge in [0.05, 0.1) is 11.1 Å². The Morgan fingerprint density at radius 1 is 1.22 bits per heavy atom. The number of carbonyl (C=O) groups excluding carboxylic acids is 1. The van der Waals surface area contributed by atoms with E-state index >= 15 is 0 Å². The molecule has 0 fully saturated rings. The molecule has 10 heteroatoms. The van der Waals surface area contributed by atoms with Gasteiger partial charge in [0.1, 0.15) is 10.6 Å². The van der Waals surface area contributed by atoms with Crippen molar-refractivity contribution in [3.05, 3.63) is 45.9 Å². The first kappa shape index (κ1) is 19.3. The van der Waals surface area contributed by atoms with E-state index in [1.807, 2.05) is 13.8 Å². The molecule has 142 valence electrons. The van der Waals surface area contributed by atoms with Crippen molar-refractivity contribution >= 4 is 51.4 Å². The predicted molar refractivity (Wildman–Crippen MR) is 103 cm³/mol. The average molecular weight is 412 g/mol. The van der Waals surface area contributed by atoms with Crippen LogP contribution in [0.2, 0.25) is 0 Å². The normalized spacial score (nSPS) is 11.8. The van der Waals surface area contributed by atoms with Crippen LogP contribution in [0.4, 0.5) is 29.5 Å². The molecule has 1 aromatic carbocycles. The first-order chi connectivity index (χ1) is 12.6. The molecular formula is C17H15F3N4OS2. The summed E-state index contributed by atoms with van der Waals surface area (Å²) in [6.07, 6.45) is -4.42. The van der Waals surface area contributed by atoms with Crippen LogP contribution < -0.4 is 10.2 Å². The predicted octanol–water partition coefficient (Wildman–Crippen LogP) is 5.82. The van der Waals surface area contributed by atoms with Crippen molar-refractivity contribution in [3.8, 4) is 0 Å². The number of thiazole rings is 1. The van der Waals surface area contributed by atoms with Gasteiger partial charge in [0.15, 0.2) is 3.95 Å². The van der Waals surface area contributed by atoms with Gasteiger partial charge in [-0.2, -0.15) is 13.2 Å². The zero-order chi connectivity index (χ0) is 19.8. The summed E-state index contributed by atoms with van der Waals surface area (Å²) in [5, 5.41) is 2.61. The number of amides is 2. The van der Waals surface area contributed by atoms with Gasteiger partial charge in [0, 0.05) is 11.7 Å². The minimum Gasteiger partial charge on any atom is -0.336 e. The second-order valence-electron chi connectivity index (χ2n) is 6.01. The Kier molecular flexibility index (Phi) is 5.20. The first-order valence-corrected chi connectivity index (χ1v) is 9.15. The molecule has 5 nitrogen and oxygen atoms in total. The summed E-state index contributed by atoms with van der Waals surface area (Å²) >= 11 is 6.40. The Morgan fingerprint density at radius 3 is 2.48 bits per heavy atom. The summed E-state index contributed by atoms with van der Waals surface area (Å²) in [6.45, 7) is 3.63. The maximum Gasteiger partial charge on any atom is 0.416 e. The highest BCUT2D eigenvalue weighted by Crippen LogP contribution is 2.30. The van der Waals surface area contributed by atoms with Gasteiger partial charge in [-0.05, 0) is 62.5 Å². The number of nitrogens with one attached hydrogen (secondary N) is 2. The minimum atomic E-state index is -4.42. The molecule has 0 radical (unpaired) electrons. The number of nitrogens with zero attached hydrogens (tertiary/aromatic N) is 2. The van der Waals surface area contributed by atoms with Crippen molar-refractivity contribution in [1.29, 1.82) is 0 Å². The van der Waals surface area contributed by atoms with Crippen LogP contribution in [0.25, 0.3) is 10.3 Å². The number of anilines is 2. The maximum absolute atomic E-state index is 12.7. The Morgan fingerprint density at radius 2 is 1.89 bits per heavy atom. The number of aromatic amines is 1. The largest absolute Gasteiger partial charge is 0.416 e. The molecule has 0 aliphatic heterocycles. The van der Waals surface area contributed by atoms with E-state index in [-0.39, 0.29) is 11.7 Å². The van der Waals surface area contributed by atoms with Crippen molar-refractivity contribution < 1.29 is 18.0 Å². The van der Waals surface area contributed by atoms with E-state index in [1.165, 1.54) is 28.4 Å². The van der Waals surface area contributed by atoms with Crippen LogP contribution in [0.1, 0.15) is 19.4 Å². The zero-order valence-corrected chi connectivity index (χ0v) is 15.9. The standard InChI is InChI=1S/C17H15F3N4OS2/c1-9(2)24(13-8-7-12-14(23-13)27-16(26)22-12)15(25)21-11-5-3-10(4-6-11)17(18,19)20/h3-9H,1-2H3,(H,21,25)(H,22,26). The molecule has 0 bridgehead atoms. The fraction of sp³-hybridized carbons (Fsp3) is 0.235. The molecule has 0 unspecified atom stereocenters. The highest BCUT2D eigenvalue weighted by atomic mass is 32.1. The molecule has 0 atom stereocenters. The summed E-state index contributed by atoms with van der Waals surface area (Å²) < 4.78 is 38.5. The monoisotopic (exact) mass is 412 g/mol. The fourth-order valence-corrected chi connectivity index (χ4v) is 3.54. The maximum atomic E-state index is 12.7. The average Bonchev–Trinajstić information content (AvgIpc) is 2.93. The number of carbonyl (C=O) groups is 1. The van der Waals surface area contributed by atoms with Crippen LogP contribution in [0.3, 0.4) is 0 Å². The Balaban J connectivity index is 1.85. The summed E-state index contributed by atoms with van der Waals surface area (Å²) in [5.74, 6) is 0.423. The third-order valence-corrected chi connectivity index (χ3v) is 4.86. The number of hydrogen-bond donors (Lipinski definition) is 2. The SMILES string of the molecule is CC(C)N(C(=O)Nc1ccc(C(F)(F)F)cc1)c1ccc2[nH]c(=S)sc2n1. The molecular weight excluding hydrogens is 397 g/mol. The molecule has 3 rings (SSSR count). The number of halogens is 3. The van der Waals surface area contributed by atoms with E-state index < -0.39 is 17.8 Å². The molecule has 0 saturated heterocycles. The molecule has 0 spiro atoms. The third kappa shape index (κ3) is 4.28. The van der Waals surface area contributed by atoms with Crippen molar-refractivity contribution in [1.82, 2.24) is 9.97 Å². The van der Waals surface area contributed by atoms with E-state index in [0.29, 0.717) is 14.6 Å². The molecule has 0 aliphatic rings. The smallest absolute Gasteiger partial charge is 0.336 e. The number of benzene rings is 1. The lowest BCUT2D eigenvalue weighted by molar-refractivity contribution is -0.137. The molecule has 2 aromatic heterocycles. The zero-order valence-electron chi connectivity index (χ0n) is 14.3. The molecule has 3 aromatic rings. The van der Waals surface area contributed by atoms with Crippen LogP contribution in [-0.2, 0) is 6.18 Å². The van der Waals surface area contributed by atoms with Gasteiger partial charge in [-0.25, -0.2) is 9.78 Å². The Labute approximate surface area is 161 Å². The van der Waals surface area contributed by atoms with Crippen molar-refractivity contribution in [2.75, 3.05) is 10.2 Å². The fourth-order valence-electron chi connectivity index (χ4n) is 2.49. The quantitative estimate of drug-likeness (QED) is 0.533. The topological polar surface area (TPSA) is 61.0 Å². The van der Waals surface area contributed by atoms with E-state index in [2.05, 4.69) is 15.3 Å². The second kappa shape index (κ2) is 7.28. The summed E-state index contributed by atoms with van der Waals surface area (Å²) in [7, 11) is 0. The van der Waals surface area contributed by atoms with E-state index in [0.717, 1.165) is 17.6 Å². The van der Waals surface area contributed by atoms with Crippen LogP contribution >= 0.6 is 23.6 Å². The highest BCUT2D eigenvalue weighted by Gasteiger charge is 2.30. The summed E-state index contributed by atoms with van der Waals surface area (Å²) in [4.78, 5) is 22.3. The molecule has 2 N–H and O–H groups in total. The van der Waals surface area contributed by atoms with Crippen LogP contribution in [-0.4, -0.2) is 22.0 Å². The van der Waals surface area contributed by atoms with Crippen LogP contribution in [0.15, 0.2) is 36.4 Å². The number of fused-ring (bicyclic) bond motifs is 1. The number of alkyl halides is 3. The molecule has 27 heavy (non-hydrogen) atoms. The number of rotatable bonds is 3. The number of pyridine rings is 1. The van der Waals surface area contributed by atoms with Crippen LogP contribution in [0, 0.1) is 3.95 Å². The molecule has 2 amide bonds. The van der Waals surface area contributed by atoms with E-state index in [1.54, 1.807) is 12.1 Å². The van der Waals surface area contributed by atoms with Gasteiger partial charge in [-0.3, -0.25) is 4.90 Å². The highest BCUT2D eigenvalue weighted by molar-refractivity contribution is 7.73. The van der Waals surface area contributed by atoms with Gasteiger partial charge in [-0.15, -0.1) is 0 Å². The lowest BCUT2D eigenvalue weighted by atomic mass is 10.2. The van der Waals surface area contributed by atoms with E-state index in [9.17, 15) is 18.0 Å². The minimum absolute atomic E-state index is 0.226. The van der Waals surface area contributed by atoms with Crippen molar-refractivity contribution in [2.24, 2.45) is 0 Å². The molecule has 2 heterocycles. The van der Waals surface area contributed by atoms with Gasteiger partial charge in [-0.1, -0.05) is 11.3 Å². The lowest BCUT2D eigenvalue weighted by Gasteiger charge is -2.26. The lowest BCUT2D eigenvalue weighted by Crippen LogP contribution is -2.40. The number of H-pyrrole nitrogens is 1. The first-order valence-electron chi connectivity index (χ1n) is 7.92. The Bertz CT molecular complexity index is 1030. The number of hydrogen-bond acceptors (Lipinski definition) is 4. The number of aromatic nitrogens is 2. The third-order valence-electron chi connectivity index (χ3n) is 3.72. The van der Waals surface area contributed by atoms with E-state index in [4.69, 9.17) is 12.2 Å². The van der Waals surface area contributed by atoms with Gasteiger partial charge < -0.3 is 10.3 Å². The van der Waals surface area contributed by atoms with Crippen molar-refractivity contribution in [3.63, 3.8) is 0 Å². The summed E-state index contributed by atoms with van der Waals surface area (Å²) in [6, 6.07) is 7.03. The molecule has 0 saturated carbocycles. The Hall–Kier alpha value is -2.46. The van der Waals surface area contributed by atoms with Crippen molar-refractivity contribution in [2.45, 2.75) is 26.1 Å². The van der Waals surface area contributed by atoms with Gasteiger partial charge in [0.25, 0.3) is 0 Å². The van der Waals surface area contributed by atoms with Crippen LogP contribution in [0.5, 0.6) is 0 Å². The second-order valence-corrected chi connectivity index (χ2v) is 7.67. The molecule has 0 aliphatic carbocycles. The number of urea groups is 1. The van der Waals surface area contributed by atoms with Gasteiger partial charge >= 0.3 is 12.2 Å². The summed E-state index contributed by atoms with van der Waals surface area (Å²) in [5.41, 5.74) is 0.264.